The molecule has 8 nitrogen and oxygen atoms in total. The number of hydrogen-bond acceptors (Lipinski definition) is 7. The number of nitrogens with two attached hydrogens (primary N) is 2. The van der Waals surface area contributed by atoms with Gasteiger partial charge in [0.25, 0.3) is 0 Å². The molecule has 0 radical (unpaired) electrons. The summed E-state index contributed by atoms with van der Waals surface area (Å²) in [5, 5.41) is 11.6. The Morgan fingerprint density at radius 2 is 2.23 bits per heavy atom. The Morgan fingerprint density at radius 1 is 1.45 bits per heavy atom. The van der Waals surface area contributed by atoms with Crippen LogP contribution in [0.5, 0.6) is 0 Å². The third-order valence-corrected chi connectivity index (χ3v) is 3.95. The Kier molecular flexibility index (Phi) is 4.99. The van der Waals surface area contributed by atoms with Gasteiger partial charge in [0.15, 0.2) is 0 Å². The zero-order chi connectivity index (χ0) is 16.1. The van der Waals surface area contributed by atoms with Gasteiger partial charge in [0.05, 0.1) is 10.7 Å². The fourth-order valence-corrected chi connectivity index (χ4v) is 2.70. The number of thioether (sulfide) groups is 1. The van der Waals surface area contributed by atoms with Gasteiger partial charge in [-0.05, 0) is 40.6 Å². The van der Waals surface area contributed by atoms with E-state index in [2.05, 4.69) is 15.5 Å². The summed E-state index contributed by atoms with van der Waals surface area (Å²) in [4.78, 5) is 12.0. The van der Waals surface area contributed by atoms with Gasteiger partial charge < -0.3 is 11.6 Å². The van der Waals surface area contributed by atoms with Crippen molar-refractivity contribution in [3.8, 4) is 5.69 Å². The van der Waals surface area contributed by atoms with E-state index in [1.54, 1.807) is 13.1 Å². The van der Waals surface area contributed by atoms with Gasteiger partial charge in [-0.25, -0.2) is 4.79 Å². The van der Waals surface area contributed by atoms with Gasteiger partial charge in [0.2, 0.25) is 0 Å². The van der Waals surface area contributed by atoms with Crippen molar-refractivity contribution in [2.75, 3.05) is 0 Å². The molecule has 0 saturated carbocycles. The van der Waals surface area contributed by atoms with Crippen LogP contribution in [-0.2, 0) is 12.8 Å². The normalized spacial score (nSPS) is 12.2. The predicted octanol–water partition coefficient (Wildman–Crippen LogP) is 0.252. The summed E-state index contributed by atoms with van der Waals surface area (Å²) in [6, 6.07) is 5.68. The molecule has 1 heterocycles. The molecule has 9 heteroatoms. The molecular formula is C13H17N7OS. The molecule has 0 unspecified atom stereocenters. The lowest BCUT2D eigenvalue weighted by molar-refractivity contribution is 0.692. The lowest BCUT2D eigenvalue weighted by Gasteiger charge is -2.11. The van der Waals surface area contributed by atoms with Crippen LogP contribution < -0.4 is 17.3 Å². The Hall–Kier alpha value is -2.55. The van der Waals surface area contributed by atoms with Crippen molar-refractivity contribution >= 4 is 18.0 Å². The quantitative estimate of drug-likeness (QED) is 0.463. The smallest absolute Gasteiger partial charge is 0.368 e. The van der Waals surface area contributed by atoms with E-state index in [0.29, 0.717) is 16.5 Å². The average molecular weight is 319 g/mol. The number of allylic oxidation sites excluding steroid dienone is 1. The summed E-state index contributed by atoms with van der Waals surface area (Å²) >= 11 is 1.43. The zero-order valence-corrected chi connectivity index (χ0v) is 13.1. The topological polar surface area (TPSA) is 117 Å². The van der Waals surface area contributed by atoms with Gasteiger partial charge in [-0.2, -0.15) is 14.5 Å². The first kappa shape index (κ1) is 15.8. The van der Waals surface area contributed by atoms with E-state index in [9.17, 15) is 4.79 Å². The maximum atomic E-state index is 12.0. The highest BCUT2D eigenvalue weighted by Crippen LogP contribution is 2.24. The van der Waals surface area contributed by atoms with Gasteiger partial charge in [-0.15, -0.1) is 11.8 Å². The van der Waals surface area contributed by atoms with Gasteiger partial charge in [0.1, 0.15) is 0 Å². The Bertz CT molecular complexity index is 775. The fourth-order valence-electron chi connectivity index (χ4n) is 1.86. The first-order chi connectivity index (χ1) is 10.5. The maximum Gasteiger partial charge on any atom is 0.368 e. The summed E-state index contributed by atoms with van der Waals surface area (Å²) in [5.74, 6) is 5.62. The maximum absolute atomic E-state index is 12.0. The van der Waals surface area contributed by atoms with Crippen molar-refractivity contribution in [1.82, 2.24) is 19.8 Å². The molecule has 0 spiro atoms. The molecular weight excluding hydrogens is 302 g/mol. The second-order valence-corrected chi connectivity index (χ2v) is 5.57. The molecule has 2 aromatic rings. The number of rotatable bonds is 5. The van der Waals surface area contributed by atoms with E-state index in [4.69, 9.17) is 11.6 Å². The summed E-state index contributed by atoms with van der Waals surface area (Å²) in [7, 11) is 1.56. The molecule has 1 aromatic carbocycles. The first-order valence-electron chi connectivity index (χ1n) is 6.44. The van der Waals surface area contributed by atoms with Crippen LogP contribution in [0.15, 0.2) is 39.2 Å². The molecule has 0 aliphatic rings. The third kappa shape index (κ3) is 3.37. The van der Waals surface area contributed by atoms with E-state index in [-0.39, 0.29) is 5.69 Å². The lowest BCUT2D eigenvalue weighted by Crippen LogP contribution is -2.23. The standard InChI is InChI=1S/C13H17N7OS/c1-9-4-3-5-11(20-13(21)19(2)17-18-20)10(9)8-22-12(14)6-7-16-15/h3-7H,8,14-15H2,1-2H3. The molecule has 0 atom stereocenters. The molecule has 0 aliphatic heterocycles. The molecule has 0 aliphatic carbocycles. The van der Waals surface area contributed by atoms with Crippen LogP contribution in [-0.4, -0.2) is 26.0 Å². The fraction of sp³-hybridized carbons (Fsp3) is 0.231. The molecule has 116 valence electrons. The van der Waals surface area contributed by atoms with Crippen LogP contribution in [0.4, 0.5) is 0 Å². The van der Waals surface area contributed by atoms with Crippen molar-refractivity contribution in [2.45, 2.75) is 12.7 Å². The molecule has 4 N–H and O–H groups in total. The molecule has 0 amide bonds. The molecule has 2 rings (SSSR count). The highest BCUT2D eigenvalue weighted by Gasteiger charge is 2.13. The number of hydrogen-bond donors (Lipinski definition) is 2. The minimum Gasteiger partial charge on any atom is -0.393 e. The highest BCUT2D eigenvalue weighted by molar-refractivity contribution is 8.02. The SMILES string of the molecule is Cc1cccc(-n2nnn(C)c2=O)c1CSC(N)=CC=NN. The van der Waals surface area contributed by atoms with Gasteiger partial charge in [0, 0.05) is 19.0 Å². The Balaban J connectivity index is 2.36. The van der Waals surface area contributed by atoms with E-state index >= 15 is 0 Å². The van der Waals surface area contributed by atoms with Crippen LogP contribution in [0, 0.1) is 6.92 Å². The highest BCUT2D eigenvalue weighted by atomic mass is 32.2. The zero-order valence-electron chi connectivity index (χ0n) is 12.3. The Labute approximate surface area is 131 Å². The predicted molar refractivity (Wildman–Crippen MR) is 87.6 cm³/mol. The third-order valence-electron chi connectivity index (χ3n) is 3.04. The number of aromatic nitrogens is 4. The number of nitrogens with zero attached hydrogens (tertiary/aromatic N) is 5. The van der Waals surface area contributed by atoms with Crippen LogP contribution in [0.2, 0.25) is 0 Å². The van der Waals surface area contributed by atoms with Gasteiger partial charge in [-0.1, -0.05) is 12.1 Å². The minimum absolute atomic E-state index is 0.296. The monoisotopic (exact) mass is 319 g/mol. The van der Waals surface area contributed by atoms with Crippen molar-refractivity contribution in [1.29, 1.82) is 0 Å². The summed E-state index contributed by atoms with van der Waals surface area (Å²) in [6.45, 7) is 1.97. The van der Waals surface area contributed by atoms with E-state index in [0.717, 1.165) is 11.1 Å². The number of aryl methyl sites for hydroxylation is 2. The minimum atomic E-state index is -0.296. The van der Waals surface area contributed by atoms with Gasteiger partial charge in [-0.3, -0.25) is 0 Å². The van der Waals surface area contributed by atoms with Crippen LogP contribution in [0.3, 0.4) is 0 Å². The van der Waals surface area contributed by atoms with E-state index in [1.807, 2.05) is 25.1 Å². The number of tetrazole rings is 1. The average Bonchev–Trinajstić information content (AvgIpc) is 2.83. The molecule has 1 aromatic heterocycles. The summed E-state index contributed by atoms with van der Waals surface area (Å²) < 4.78 is 2.47. The second-order valence-electron chi connectivity index (χ2n) is 4.53. The van der Waals surface area contributed by atoms with E-state index in [1.165, 1.54) is 27.3 Å². The summed E-state index contributed by atoms with van der Waals surface area (Å²) in [5.41, 5.74) is 8.27. The van der Waals surface area contributed by atoms with Crippen LogP contribution in [0.1, 0.15) is 11.1 Å². The van der Waals surface area contributed by atoms with E-state index < -0.39 is 0 Å². The number of benzene rings is 1. The number of hydrazone groups is 1. The molecule has 0 fully saturated rings. The largest absolute Gasteiger partial charge is 0.393 e. The van der Waals surface area contributed by atoms with Crippen LogP contribution in [0.25, 0.3) is 5.69 Å². The molecule has 22 heavy (non-hydrogen) atoms. The Morgan fingerprint density at radius 3 is 2.86 bits per heavy atom. The van der Waals surface area contributed by atoms with Crippen molar-refractivity contribution in [3.63, 3.8) is 0 Å². The summed E-state index contributed by atoms with van der Waals surface area (Å²) in [6.07, 6.45) is 3.05. The van der Waals surface area contributed by atoms with Crippen molar-refractivity contribution < 1.29 is 0 Å². The first-order valence-corrected chi connectivity index (χ1v) is 7.43. The van der Waals surface area contributed by atoms with Crippen LogP contribution >= 0.6 is 11.8 Å². The van der Waals surface area contributed by atoms with Crippen molar-refractivity contribution in [3.05, 3.63) is 50.9 Å². The van der Waals surface area contributed by atoms with Crippen molar-refractivity contribution in [2.24, 2.45) is 23.7 Å². The molecule has 0 bridgehead atoms. The molecule has 0 saturated heterocycles. The second kappa shape index (κ2) is 6.94. The lowest BCUT2D eigenvalue weighted by atomic mass is 10.1. The van der Waals surface area contributed by atoms with Gasteiger partial charge >= 0.3 is 5.69 Å².